The Bertz CT molecular complexity index is 1710. The van der Waals surface area contributed by atoms with Gasteiger partial charge in [-0.25, -0.2) is 4.98 Å². The Labute approximate surface area is 233 Å². The first kappa shape index (κ1) is 25.6. The highest BCUT2D eigenvalue weighted by atomic mass is 16.5. The first-order chi connectivity index (χ1) is 19.4. The van der Waals surface area contributed by atoms with Gasteiger partial charge in [-0.15, -0.1) is 0 Å². The number of hydrogen-bond donors (Lipinski definition) is 1. The minimum atomic E-state index is -0.196. The lowest BCUT2D eigenvalue weighted by Gasteiger charge is -2.19. The summed E-state index contributed by atoms with van der Waals surface area (Å²) >= 11 is 0. The fourth-order valence-electron chi connectivity index (χ4n) is 4.99. The third-order valence-electron chi connectivity index (χ3n) is 7.50. The number of hydrogen-bond acceptors (Lipinski definition) is 6. The van der Waals surface area contributed by atoms with Gasteiger partial charge in [-0.05, 0) is 86.3 Å². The molecule has 40 heavy (non-hydrogen) atoms. The smallest absolute Gasteiger partial charge is 0.276 e. The predicted octanol–water partition coefficient (Wildman–Crippen LogP) is 6.73. The molecule has 8 heteroatoms. The molecule has 0 radical (unpaired) electrons. The summed E-state index contributed by atoms with van der Waals surface area (Å²) < 4.78 is 7.21. The average molecular weight is 533 g/mol. The van der Waals surface area contributed by atoms with Crippen LogP contribution in [0.2, 0.25) is 0 Å². The van der Waals surface area contributed by atoms with E-state index in [2.05, 4.69) is 30.3 Å². The topological polar surface area (TPSA) is 85.2 Å². The van der Waals surface area contributed by atoms with Crippen molar-refractivity contribution in [2.75, 3.05) is 24.4 Å². The SMILES string of the molecule is CCn1nc(C(=O)Nc2ccc(C)c(-c3cnc4cc(N(C)c5ccc(OC)cc5)ncc4c3)c2)cc1C1CC1. The number of benzene rings is 2. The van der Waals surface area contributed by atoms with Crippen molar-refractivity contribution >= 4 is 34.0 Å². The zero-order valence-corrected chi connectivity index (χ0v) is 23.2. The molecule has 1 N–H and O–H groups in total. The zero-order valence-electron chi connectivity index (χ0n) is 23.2. The summed E-state index contributed by atoms with van der Waals surface area (Å²) in [4.78, 5) is 24.5. The first-order valence-corrected chi connectivity index (χ1v) is 13.6. The van der Waals surface area contributed by atoms with E-state index >= 15 is 0 Å². The fraction of sp³-hybridized carbons (Fsp3) is 0.250. The van der Waals surface area contributed by atoms with E-state index in [1.54, 1.807) is 7.11 Å². The van der Waals surface area contributed by atoms with E-state index in [1.807, 2.05) is 83.6 Å². The van der Waals surface area contributed by atoms with Crippen LogP contribution in [0.4, 0.5) is 17.2 Å². The molecule has 1 amide bonds. The van der Waals surface area contributed by atoms with Crippen LogP contribution >= 0.6 is 0 Å². The van der Waals surface area contributed by atoms with Gasteiger partial charge in [0.05, 0.1) is 12.6 Å². The second kappa shape index (κ2) is 10.4. The van der Waals surface area contributed by atoms with Gasteiger partial charge < -0.3 is 15.0 Å². The van der Waals surface area contributed by atoms with Crippen LogP contribution in [0.25, 0.3) is 22.0 Å². The second-order valence-electron chi connectivity index (χ2n) is 10.2. The zero-order chi connectivity index (χ0) is 27.8. The van der Waals surface area contributed by atoms with Crippen molar-refractivity contribution in [1.82, 2.24) is 19.7 Å². The van der Waals surface area contributed by atoms with Crippen LogP contribution in [0, 0.1) is 6.92 Å². The lowest BCUT2D eigenvalue weighted by Crippen LogP contribution is -2.13. The summed E-state index contributed by atoms with van der Waals surface area (Å²) in [6.45, 7) is 4.87. The van der Waals surface area contributed by atoms with Crippen LogP contribution in [0.5, 0.6) is 5.75 Å². The van der Waals surface area contributed by atoms with E-state index in [9.17, 15) is 4.79 Å². The Kier molecular flexibility index (Phi) is 6.67. The van der Waals surface area contributed by atoms with Gasteiger partial charge in [0.1, 0.15) is 11.6 Å². The van der Waals surface area contributed by atoms with Crippen molar-refractivity contribution in [3.05, 3.63) is 90.0 Å². The molecule has 0 aliphatic heterocycles. The molecule has 0 atom stereocenters. The molecule has 5 aromatic rings. The molecular formula is C32H32N6O2. The van der Waals surface area contributed by atoms with Crippen molar-refractivity contribution in [3.8, 4) is 16.9 Å². The van der Waals surface area contributed by atoms with Crippen LogP contribution in [-0.4, -0.2) is 39.8 Å². The number of ether oxygens (including phenoxy) is 1. The van der Waals surface area contributed by atoms with E-state index in [0.29, 0.717) is 11.6 Å². The van der Waals surface area contributed by atoms with Gasteiger partial charge in [0.2, 0.25) is 0 Å². The lowest BCUT2D eigenvalue weighted by atomic mass is 10.00. The van der Waals surface area contributed by atoms with E-state index in [4.69, 9.17) is 14.7 Å². The maximum absolute atomic E-state index is 13.0. The van der Waals surface area contributed by atoms with Crippen LogP contribution in [0.15, 0.2) is 73.1 Å². The van der Waals surface area contributed by atoms with Crippen molar-refractivity contribution in [3.63, 3.8) is 0 Å². The summed E-state index contributed by atoms with van der Waals surface area (Å²) in [6.07, 6.45) is 6.07. The number of fused-ring (bicyclic) bond motifs is 1. The van der Waals surface area contributed by atoms with Gasteiger partial charge in [-0.3, -0.25) is 14.5 Å². The molecule has 0 bridgehead atoms. The van der Waals surface area contributed by atoms with Crippen LogP contribution < -0.4 is 15.0 Å². The van der Waals surface area contributed by atoms with Crippen molar-refractivity contribution in [2.45, 2.75) is 39.2 Å². The minimum absolute atomic E-state index is 0.196. The summed E-state index contributed by atoms with van der Waals surface area (Å²) in [7, 11) is 3.64. The Morgan fingerprint density at radius 2 is 1.85 bits per heavy atom. The molecule has 3 aromatic heterocycles. The number of aryl methyl sites for hydroxylation is 2. The monoisotopic (exact) mass is 532 g/mol. The normalized spacial score (nSPS) is 12.9. The Balaban J connectivity index is 1.24. The number of anilines is 3. The van der Waals surface area contributed by atoms with Gasteiger partial charge in [-0.1, -0.05) is 6.07 Å². The standard InChI is InChI=1S/C32H32N6O2/c1-5-38-30(21-7-8-21)16-29(36-38)32(39)35-24-9-6-20(2)27(15-24)22-14-23-19-34-31(17-28(23)33-18-22)37(3)25-10-12-26(40-4)13-11-25/h6,9-19,21H,5,7-8H2,1-4H3,(H,35,39). The largest absolute Gasteiger partial charge is 0.497 e. The number of carbonyl (C=O) groups excluding carboxylic acids is 1. The fourth-order valence-corrected chi connectivity index (χ4v) is 4.99. The molecule has 0 saturated heterocycles. The molecule has 0 spiro atoms. The Morgan fingerprint density at radius 1 is 1.05 bits per heavy atom. The quantitative estimate of drug-likeness (QED) is 0.239. The van der Waals surface area contributed by atoms with Crippen molar-refractivity contribution in [2.24, 2.45) is 0 Å². The average Bonchev–Trinajstić information content (AvgIpc) is 3.75. The van der Waals surface area contributed by atoms with Crippen molar-refractivity contribution in [1.29, 1.82) is 0 Å². The summed E-state index contributed by atoms with van der Waals surface area (Å²) in [5.74, 6) is 1.95. The number of rotatable bonds is 8. The van der Waals surface area contributed by atoms with Crippen LogP contribution in [0.1, 0.15) is 47.4 Å². The molecule has 8 nitrogen and oxygen atoms in total. The molecule has 3 heterocycles. The highest BCUT2D eigenvalue weighted by molar-refractivity contribution is 6.03. The molecule has 0 unspecified atom stereocenters. The number of nitrogens with one attached hydrogen (secondary N) is 1. The van der Waals surface area contributed by atoms with Crippen LogP contribution in [-0.2, 0) is 6.54 Å². The summed E-state index contributed by atoms with van der Waals surface area (Å²) in [6, 6.07) is 19.8. The third kappa shape index (κ3) is 5.00. The molecule has 202 valence electrons. The van der Waals surface area contributed by atoms with Crippen LogP contribution in [0.3, 0.4) is 0 Å². The minimum Gasteiger partial charge on any atom is -0.497 e. The molecule has 1 aliphatic rings. The number of pyridine rings is 2. The molecule has 6 rings (SSSR count). The van der Waals surface area contributed by atoms with E-state index < -0.39 is 0 Å². The maximum Gasteiger partial charge on any atom is 0.276 e. The van der Waals surface area contributed by atoms with E-state index in [-0.39, 0.29) is 5.91 Å². The second-order valence-corrected chi connectivity index (χ2v) is 10.2. The summed E-state index contributed by atoms with van der Waals surface area (Å²) in [5.41, 5.74) is 7.26. The van der Waals surface area contributed by atoms with Gasteiger partial charge in [-0.2, -0.15) is 5.10 Å². The lowest BCUT2D eigenvalue weighted by molar-refractivity contribution is 0.102. The Hall–Kier alpha value is -4.72. The maximum atomic E-state index is 13.0. The van der Waals surface area contributed by atoms with Gasteiger partial charge in [0.15, 0.2) is 5.69 Å². The number of amides is 1. The van der Waals surface area contributed by atoms with Gasteiger partial charge in [0, 0.05) is 66.0 Å². The highest BCUT2D eigenvalue weighted by Crippen LogP contribution is 2.40. The number of methoxy groups -OCH3 is 1. The van der Waals surface area contributed by atoms with Crippen molar-refractivity contribution < 1.29 is 9.53 Å². The molecule has 2 aromatic carbocycles. The number of carbonyl (C=O) groups is 1. The first-order valence-electron chi connectivity index (χ1n) is 13.6. The van der Waals surface area contributed by atoms with E-state index in [0.717, 1.165) is 62.8 Å². The molecule has 1 fully saturated rings. The number of aromatic nitrogens is 4. The van der Waals surface area contributed by atoms with Gasteiger partial charge in [0.25, 0.3) is 5.91 Å². The van der Waals surface area contributed by atoms with Gasteiger partial charge >= 0.3 is 0 Å². The summed E-state index contributed by atoms with van der Waals surface area (Å²) in [5, 5.41) is 8.52. The third-order valence-corrected chi connectivity index (χ3v) is 7.50. The predicted molar refractivity (Wildman–Crippen MR) is 159 cm³/mol. The highest BCUT2D eigenvalue weighted by Gasteiger charge is 2.29. The molecular weight excluding hydrogens is 500 g/mol. The Morgan fingerprint density at radius 3 is 2.58 bits per heavy atom. The molecule has 1 saturated carbocycles. The number of nitrogens with zero attached hydrogens (tertiary/aromatic N) is 5. The van der Waals surface area contributed by atoms with E-state index in [1.165, 1.54) is 12.8 Å². The molecule has 1 aliphatic carbocycles.